The third-order valence-corrected chi connectivity index (χ3v) is 2.39. The Labute approximate surface area is 114 Å². The standard InChI is InChI=1S/C12H14F2N6/c1-20(2)19-12-10(15)11(16-6-17-12)18-9-5-7(13)3-4-8(9)14/h3-6H,15H2,1-2H3,(H2,16,17,18,19). The SMILES string of the molecule is CN(C)Nc1ncnc(Nc2cc(F)ccc2F)c1N. The maximum atomic E-state index is 13.6. The minimum Gasteiger partial charge on any atom is -0.393 e. The molecule has 2 aromatic rings. The maximum Gasteiger partial charge on any atom is 0.169 e. The molecule has 0 bridgehead atoms. The van der Waals surface area contributed by atoms with E-state index in [0.29, 0.717) is 5.82 Å². The molecule has 8 heteroatoms. The molecule has 0 fully saturated rings. The Kier molecular flexibility index (Phi) is 3.94. The largest absolute Gasteiger partial charge is 0.393 e. The maximum absolute atomic E-state index is 13.6. The van der Waals surface area contributed by atoms with Gasteiger partial charge >= 0.3 is 0 Å². The highest BCUT2D eigenvalue weighted by molar-refractivity contribution is 5.77. The zero-order chi connectivity index (χ0) is 14.7. The average Bonchev–Trinajstić information content (AvgIpc) is 2.38. The topological polar surface area (TPSA) is 79.1 Å². The zero-order valence-electron chi connectivity index (χ0n) is 11.0. The molecule has 0 aliphatic heterocycles. The number of hydrazine groups is 1. The molecule has 1 heterocycles. The molecule has 0 saturated carbocycles. The first-order valence-electron chi connectivity index (χ1n) is 5.74. The van der Waals surface area contributed by atoms with E-state index in [4.69, 9.17) is 5.73 Å². The van der Waals surface area contributed by atoms with Gasteiger partial charge in [0.05, 0.1) is 5.69 Å². The van der Waals surface area contributed by atoms with E-state index in [1.807, 2.05) is 0 Å². The number of rotatable bonds is 4. The summed E-state index contributed by atoms with van der Waals surface area (Å²) >= 11 is 0. The monoisotopic (exact) mass is 280 g/mol. The molecule has 0 aliphatic carbocycles. The fourth-order valence-electron chi connectivity index (χ4n) is 1.52. The van der Waals surface area contributed by atoms with Gasteiger partial charge in [-0.3, -0.25) is 0 Å². The number of nitrogens with two attached hydrogens (primary N) is 1. The molecule has 20 heavy (non-hydrogen) atoms. The fraction of sp³-hybridized carbons (Fsp3) is 0.167. The number of nitrogen functional groups attached to an aromatic ring is 1. The van der Waals surface area contributed by atoms with Crippen molar-refractivity contribution in [2.75, 3.05) is 30.6 Å². The lowest BCUT2D eigenvalue weighted by Gasteiger charge is -2.16. The van der Waals surface area contributed by atoms with Crippen molar-refractivity contribution in [3.8, 4) is 0 Å². The molecule has 0 aliphatic rings. The summed E-state index contributed by atoms with van der Waals surface area (Å²) in [6.45, 7) is 0. The Morgan fingerprint density at radius 3 is 2.55 bits per heavy atom. The van der Waals surface area contributed by atoms with Crippen molar-refractivity contribution < 1.29 is 8.78 Å². The van der Waals surface area contributed by atoms with Crippen LogP contribution in [0.2, 0.25) is 0 Å². The Morgan fingerprint density at radius 1 is 1.15 bits per heavy atom. The van der Waals surface area contributed by atoms with Crippen molar-refractivity contribution in [3.05, 3.63) is 36.2 Å². The van der Waals surface area contributed by atoms with Crippen molar-refractivity contribution in [2.45, 2.75) is 0 Å². The molecular weight excluding hydrogens is 266 g/mol. The first kappa shape index (κ1) is 13.9. The quantitative estimate of drug-likeness (QED) is 0.743. The second-order valence-electron chi connectivity index (χ2n) is 4.24. The molecule has 2 rings (SSSR count). The van der Waals surface area contributed by atoms with Gasteiger partial charge in [-0.1, -0.05) is 0 Å². The molecule has 0 saturated heterocycles. The molecule has 106 valence electrons. The number of nitrogens with zero attached hydrogens (tertiary/aromatic N) is 3. The van der Waals surface area contributed by atoms with E-state index >= 15 is 0 Å². The van der Waals surface area contributed by atoms with Gasteiger partial charge < -0.3 is 16.5 Å². The fourth-order valence-corrected chi connectivity index (χ4v) is 1.52. The predicted molar refractivity (Wildman–Crippen MR) is 73.4 cm³/mol. The molecule has 0 unspecified atom stereocenters. The van der Waals surface area contributed by atoms with Crippen LogP contribution in [0, 0.1) is 11.6 Å². The first-order valence-corrected chi connectivity index (χ1v) is 5.74. The molecule has 4 N–H and O–H groups in total. The van der Waals surface area contributed by atoms with Crippen molar-refractivity contribution >= 4 is 23.0 Å². The molecule has 1 aromatic carbocycles. The van der Waals surface area contributed by atoms with Crippen molar-refractivity contribution in [3.63, 3.8) is 0 Å². The lowest BCUT2D eigenvalue weighted by molar-refractivity contribution is 0.492. The van der Waals surface area contributed by atoms with Crippen LogP contribution in [0.5, 0.6) is 0 Å². The number of anilines is 4. The zero-order valence-corrected chi connectivity index (χ0v) is 11.0. The summed E-state index contributed by atoms with van der Waals surface area (Å²) in [7, 11) is 3.53. The predicted octanol–water partition coefficient (Wildman–Crippen LogP) is 1.97. The van der Waals surface area contributed by atoms with E-state index in [0.717, 1.165) is 18.2 Å². The summed E-state index contributed by atoms with van der Waals surface area (Å²) in [6.07, 6.45) is 1.27. The normalized spacial score (nSPS) is 10.7. The van der Waals surface area contributed by atoms with Crippen LogP contribution in [0.1, 0.15) is 0 Å². The van der Waals surface area contributed by atoms with Gasteiger partial charge in [-0.25, -0.2) is 23.8 Å². The van der Waals surface area contributed by atoms with Crippen LogP contribution >= 0.6 is 0 Å². The lowest BCUT2D eigenvalue weighted by Crippen LogP contribution is -2.21. The smallest absolute Gasteiger partial charge is 0.169 e. The van der Waals surface area contributed by atoms with Gasteiger partial charge in [-0.15, -0.1) is 0 Å². The highest BCUT2D eigenvalue weighted by atomic mass is 19.1. The summed E-state index contributed by atoms with van der Waals surface area (Å²) in [4.78, 5) is 7.88. The van der Waals surface area contributed by atoms with Crippen LogP contribution in [0.4, 0.5) is 31.8 Å². The lowest BCUT2D eigenvalue weighted by atomic mass is 10.3. The van der Waals surface area contributed by atoms with Gasteiger partial charge in [-0.2, -0.15) is 0 Å². The van der Waals surface area contributed by atoms with Crippen LogP contribution in [-0.2, 0) is 0 Å². The summed E-state index contributed by atoms with van der Waals surface area (Å²) in [5, 5.41) is 4.29. The van der Waals surface area contributed by atoms with Crippen LogP contribution in [0.25, 0.3) is 0 Å². The number of hydrogen-bond donors (Lipinski definition) is 3. The second-order valence-corrected chi connectivity index (χ2v) is 4.24. The second kappa shape index (κ2) is 5.66. The highest BCUT2D eigenvalue weighted by Gasteiger charge is 2.11. The number of aromatic nitrogens is 2. The minimum absolute atomic E-state index is 0.0498. The van der Waals surface area contributed by atoms with Crippen molar-refractivity contribution in [1.29, 1.82) is 0 Å². The van der Waals surface area contributed by atoms with E-state index in [9.17, 15) is 8.78 Å². The van der Waals surface area contributed by atoms with E-state index in [1.54, 1.807) is 19.1 Å². The first-order chi connectivity index (χ1) is 9.47. The van der Waals surface area contributed by atoms with Crippen molar-refractivity contribution in [2.24, 2.45) is 0 Å². The van der Waals surface area contributed by atoms with Gasteiger partial charge in [0.25, 0.3) is 0 Å². The average molecular weight is 280 g/mol. The number of benzene rings is 1. The third kappa shape index (κ3) is 3.09. The van der Waals surface area contributed by atoms with Crippen LogP contribution in [0.3, 0.4) is 0 Å². The summed E-state index contributed by atoms with van der Waals surface area (Å²) < 4.78 is 26.7. The Balaban J connectivity index is 2.32. The molecule has 0 radical (unpaired) electrons. The van der Waals surface area contributed by atoms with Gasteiger partial charge in [0.2, 0.25) is 0 Å². The molecule has 0 spiro atoms. The van der Waals surface area contributed by atoms with Gasteiger partial charge in [0.15, 0.2) is 11.6 Å². The van der Waals surface area contributed by atoms with Gasteiger partial charge in [0.1, 0.15) is 23.6 Å². The highest BCUT2D eigenvalue weighted by Crippen LogP contribution is 2.27. The molecule has 1 aromatic heterocycles. The summed E-state index contributed by atoms with van der Waals surface area (Å²) in [5.41, 5.74) is 8.90. The van der Waals surface area contributed by atoms with E-state index in [-0.39, 0.29) is 17.2 Å². The molecular formula is C12H14F2N6. The van der Waals surface area contributed by atoms with Gasteiger partial charge in [-0.05, 0) is 12.1 Å². The van der Waals surface area contributed by atoms with Crippen LogP contribution < -0.4 is 16.5 Å². The molecule has 0 amide bonds. The number of hydrogen-bond acceptors (Lipinski definition) is 6. The van der Waals surface area contributed by atoms with Gasteiger partial charge in [0, 0.05) is 20.2 Å². The van der Waals surface area contributed by atoms with Crippen LogP contribution in [0.15, 0.2) is 24.5 Å². The Bertz CT molecular complexity index is 617. The Hall–Kier alpha value is -2.48. The van der Waals surface area contributed by atoms with Crippen LogP contribution in [-0.4, -0.2) is 29.1 Å². The number of nitrogens with one attached hydrogen (secondary N) is 2. The number of halogens is 2. The van der Waals surface area contributed by atoms with E-state index in [1.165, 1.54) is 6.33 Å². The summed E-state index contributed by atoms with van der Waals surface area (Å²) in [6, 6.07) is 3.08. The summed E-state index contributed by atoms with van der Waals surface area (Å²) in [5.74, 6) is -0.613. The van der Waals surface area contributed by atoms with E-state index in [2.05, 4.69) is 20.7 Å². The minimum atomic E-state index is -0.605. The molecule has 0 atom stereocenters. The third-order valence-electron chi connectivity index (χ3n) is 2.39. The van der Waals surface area contributed by atoms with E-state index < -0.39 is 11.6 Å². The molecule has 6 nitrogen and oxygen atoms in total. The van der Waals surface area contributed by atoms with Crippen molar-refractivity contribution in [1.82, 2.24) is 15.0 Å². The Morgan fingerprint density at radius 2 is 1.85 bits per heavy atom.